The molecule has 3 heterocycles. The number of hydrogen-bond donors (Lipinski definition) is 0. The van der Waals surface area contributed by atoms with Gasteiger partial charge in [-0.15, -0.1) is 16.4 Å². The lowest BCUT2D eigenvalue weighted by atomic mass is 9.98. The summed E-state index contributed by atoms with van der Waals surface area (Å²) >= 11 is 1.36. The maximum absolute atomic E-state index is 12.6. The molecule has 1 unspecified atom stereocenters. The highest BCUT2D eigenvalue weighted by Crippen LogP contribution is 2.24. The Morgan fingerprint density at radius 3 is 3.05 bits per heavy atom. The van der Waals surface area contributed by atoms with E-state index in [-0.39, 0.29) is 17.6 Å². The van der Waals surface area contributed by atoms with Gasteiger partial charge < -0.3 is 4.90 Å². The largest absolute Gasteiger partial charge is 0.337 e. The van der Waals surface area contributed by atoms with Crippen molar-refractivity contribution < 1.29 is 9.59 Å². The molecule has 7 nitrogen and oxygen atoms in total. The van der Waals surface area contributed by atoms with Crippen LogP contribution in [0.3, 0.4) is 0 Å². The Morgan fingerprint density at radius 2 is 2.35 bits per heavy atom. The molecule has 1 aliphatic rings. The summed E-state index contributed by atoms with van der Waals surface area (Å²) in [6.07, 6.45) is 1.89. The Balaban J connectivity index is 1.85. The van der Waals surface area contributed by atoms with Crippen LogP contribution in [0.2, 0.25) is 0 Å². The maximum Gasteiger partial charge on any atom is 0.266 e. The molecule has 3 rings (SSSR count). The van der Waals surface area contributed by atoms with Gasteiger partial charge in [0.05, 0.1) is 5.69 Å². The summed E-state index contributed by atoms with van der Waals surface area (Å²) in [5, 5.41) is 12.8. The van der Waals surface area contributed by atoms with E-state index < -0.39 is 0 Å². The topological polar surface area (TPSA) is 81.0 Å². The smallest absolute Gasteiger partial charge is 0.266 e. The molecule has 20 heavy (non-hydrogen) atoms. The van der Waals surface area contributed by atoms with Crippen molar-refractivity contribution in [3.05, 3.63) is 22.7 Å². The molecule has 0 aliphatic carbocycles. The minimum atomic E-state index is -0.0934. The molecule has 0 N–H and O–H groups in total. The zero-order valence-corrected chi connectivity index (χ0v) is 11.7. The summed E-state index contributed by atoms with van der Waals surface area (Å²) in [7, 11) is 0. The monoisotopic (exact) mass is 291 g/mol. The van der Waals surface area contributed by atoms with E-state index in [9.17, 15) is 9.59 Å². The summed E-state index contributed by atoms with van der Waals surface area (Å²) in [5.74, 6) is 0.0647. The van der Waals surface area contributed by atoms with Gasteiger partial charge in [-0.1, -0.05) is 6.92 Å². The number of aromatic nitrogens is 4. The molecule has 2 aromatic rings. The van der Waals surface area contributed by atoms with Crippen LogP contribution in [0, 0.1) is 5.92 Å². The first-order chi connectivity index (χ1) is 9.66. The van der Waals surface area contributed by atoms with Gasteiger partial charge in [0.1, 0.15) is 17.0 Å². The molecule has 1 fully saturated rings. The van der Waals surface area contributed by atoms with E-state index >= 15 is 0 Å². The lowest BCUT2D eigenvalue weighted by Crippen LogP contribution is -2.43. The number of ketones is 1. The second kappa shape index (κ2) is 5.12. The molecule has 0 saturated carbocycles. The molecule has 0 spiro atoms. The van der Waals surface area contributed by atoms with E-state index in [0.717, 1.165) is 0 Å². The van der Waals surface area contributed by atoms with Crippen LogP contribution < -0.4 is 0 Å². The fourth-order valence-corrected chi connectivity index (χ4v) is 3.10. The average Bonchev–Trinajstić information content (AvgIpc) is 3.10. The minimum absolute atomic E-state index is 0.0650. The number of hydrogen-bond acceptors (Lipinski definition) is 6. The highest BCUT2D eigenvalue weighted by Gasteiger charge is 2.29. The predicted octanol–water partition coefficient (Wildman–Crippen LogP) is 0.775. The first-order valence-electron chi connectivity index (χ1n) is 6.29. The van der Waals surface area contributed by atoms with Crippen LogP contribution in [-0.2, 0) is 4.79 Å². The van der Waals surface area contributed by atoms with Crippen molar-refractivity contribution in [1.29, 1.82) is 0 Å². The van der Waals surface area contributed by atoms with Crippen molar-refractivity contribution in [2.45, 2.75) is 13.3 Å². The number of Topliss-reactive ketones (excluding diaryl/α,β-unsaturated/α-hetero) is 1. The normalized spacial score (nSPS) is 19.4. The van der Waals surface area contributed by atoms with Gasteiger partial charge in [0, 0.05) is 25.4 Å². The quantitative estimate of drug-likeness (QED) is 0.816. The van der Waals surface area contributed by atoms with Crippen LogP contribution in [0.4, 0.5) is 0 Å². The third-order valence-corrected chi connectivity index (χ3v) is 4.29. The molecule has 0 aromatic carbocycles. The molecular formula is C12H13N5O2S. The lowest BCUT2D eigenvalue weighted by molar-refractivity contribution is -0.124. The van der Waals surface area contributed by atoms with E-state index in [1.54, 1.807) is 4.90 Å². The summed E-state index contributed by atoms with van der Waals surface area (Å²) in [5.41, 5.74) is 0.676. The van der Waals surface area contributed by atoms with E-state index in [1.807, 2.05) is 18.4 Å². The molecule has 0 radical (unpaired) electrons. The van der Waals surface area contributed by atoms with Gasteiger partial charge in [0.25, 0.3) is 5.91 Å². The molecule has 0 bridgehead atoms. The highest BCUT2D eigenvalue weighted by molar-refractivity contribution is 7.12. The molecule has 1 saturated heterocycles. The predicted molar refractivity (Wildman–Crippen MR) is 71.7 cm³/mol. The van der Waals surface area contributed by atoms with Gasteiger partial charge in [-0.3, -0.25) is 9.59 Å². The van der Waals surface area contributed by atoms with Gasteiger partial charge in [-0.05, 0) is 21.9 Å². The van der Waals surface area contributed by atoms with Crippen molar-refractivity contribution in [3.63, 3.8) is 0 Å². The molecule has 1 atom stereocenters. The summed E-state index contributed by atoms with van der Waals surface area (Å²) in [4.78, 5) is 26.4. The second-order valence-corrected chi connectivity index (χ2v) is 5.67. The number of carbonyl (C=O) groups is 2. The molecule has 8 heteroatoms. The van der Waals surface area contributed by atoms with Gasteiger partial charge >= 0.3 is 0 Å². The summed E-state index contributed by atoms with van der Waals surface area (Å²) < 4.78 is 1.47. The SMILES string of the molecule is CC1CN(C(=O)c2sccc2-n2cnnn2)CCC1=O. The molecule has 1 amide bonds. The van der Waals surface area contributed by atoms with E-state index in [1.165, 1.54) is 22.3 Å². The van der Waals surface area contributed by atoms with Crippen molar-refractivity contribution in [2.75, 3.05) is 13.1 Å². The van der Waals surface area contributed by atoms with Crippen LogP contribution in [0.25, 0.3) is 5.69 Å². The van der Waals surface area contributed by atoms with Crippen LogP contribution in [-0.4, -0.2) is 49.9 Å². The number of piperidine rings is 1. The molecule has 104 valence electrons. The standard InChI is InChI=1S/C12H13N5O2S/c1-8-6-16(4-2-10(8)18)12(19)11-9(3-5-20-11)17-7-13-14-15-17/h3,5,7-8H,2,4,6H2,1H3. The molecule has 2 aromatic heterocycles. The van der Waals surface area contributed by atoms with Crippen molar-refractivity contribution in [3.8, 4) is 5.69 Å². The second-order valence-electron chi connectivity index (χ2n) is 4.76. The van der Waals surface area contributed by atoms with E-state index in [0.29, 0.717) is 30.1 Å². The first-order valence-corrected chi connectivity index (χ1v) is 7.17. The maximum atomic E-state index is 12.6. The number of carbonyl (C=O) groups excluding carboxylic acids is 2. The lowest BCUT2D eigenvalue weighted by Gasteiger charge is -2.29. The minimum Gasteiger partial charge on any atom is -0.337 e. The van der Waals surface area contributed by atoms with Crippen molar-refractivity contribution in [1.82, 2.24) is 25.1 Å². The number of amides is 1. The summed E-state index contributed by atoms with van der Waals surface area (Å²) in [6, 6.07) is 1.81. The fourth-order valence-electron chi connectivity index (χ4n) is 2.26. The number of nitrogens with zero attached hydrogens (tertiary/aromatic N) is 5. The Bertz CT molecular complexity index is 636. The zero-order valence-electron chi connectivity index (χ0n) is 10.9. The van der Waals surface area contributed by atoms with Crippen LogP contribution in [0.5, 0.6) is 0 Å². The Labute approximate surface area is 119 Å². The van der Waals surface area contributed by atoms with Crippen LogP contribution in [0.1, 0.15) is 23.0 Å². The third kappa shape index (κ3) is 2.22. The summed E-state index contributed by atoms with van der Waals surface area (Å²) in [6.45, 7) is 2.82. The van der Waals surface area contributed by atoms with Gasteiger partial charge in [0.2, 0.25) is 0 Å². The van der Waals surface area contributed by atoms with Crippen LogP contribution >= 0.6 is 11.3 Å². The van der Waals surface area contributed by atoms with Gasteiger partial charge in [0.15, 0.2) is 0 Å². The van der Waals surface area contributed by atoms with Crippen LogP contribution in [0.15, 0.2) is 17.8 Å². The van der Waals surface area contributed by atoms with E-state index in [4.69, 9.17) is 0 Å². The average molecular weight is 291 g/mol. The van der Waals surface area contributed by atoms with Gasteiger partial charge in [-0.2, -0.15) is 4.68 Å². The van der Waals surface area contributed by atoms with Gasteiger partial charge in [-0.25, -0.2) is 0 Å². The Hall–Kier alpha value is -2.09. The number of rotatable bonds is 2. The number of likely N-dealkylation sites (tertiary alicyclic amines) is 1. The Morgan fingerprint density at radius 1 is 1.50 bits per heavy atom. The van der Waals surface area contributed by atoms with E-state index in [2.05, 4.69) is 15.5 Å². The van der Waals surface area contributed by atoms with Crippen molar-refractivity contribution >= 4 is 23.0 Å². The number of tetrazole rings is 1. The molecule has 1 aliphatic heterocycles. The molecular weight excluding hydrogens is 278 g/mol. The van der Waals surface area contributed by atoms with Crippen molar-refractivity contribution in [2.24, 2.45) is 5.92 Å². The first kappa shape index (κ1) is 12.9. The zero-order chi connectivity index (χ0) is 14.1. The fraction of sp³-hybridized carbons (Fsp3) is 0.417. The third-order valence-electron chi connectivity index (χ3n) is 3.39. The highest BCUT2D eigenvalue weighted by atomic mass is 32.1. The number of thiophene rings is 1. The Kier molecular flexibility index (Phi) is 3.31.